The minimum Gasteiger partial charge on any atom is -0.387 e. The van der Waals surface area contributed by atoms with Crippen molar-refractivity contribution >= 4 is 29.9 Å². The van der Waals surface area contributed by atoms with E-state index in [1.807, 2.05) is 38.3 Å². The molecule has 4 nitrogen and oxygen atoms in total. The molecule has 1 aliphatic heterocycles. The van der Waals surface area contributed by atoms with Gasteiger partial charge in [-0.1, -0.05) is 89.3 Å². The van der Waals surface area contributed by atoms with E-state index >= 15 is 0 Å². The molecule has 4 heteroatoms. The van der Waals surface area contributed by atoms with Crippen LogP contribution in [-0.4, -0.2) is 24.0 Å². The van der Waals surface area contributed by atoms with Gasteiger partial charge >= 0.3 is 0 Å². The van der Waals surface area contributed by atoms with E-state index in [9.17, 15) is 0 Å². The Morgan fingerprint density at radius 3 is 2.43 bits per heavy atom. The number of aryl methyl sites for hydroxylation is 1. The highest BCUT2D eigenvalue weighted by molar-refractivity contribution is 5.91. The van der Waals surface area contributed by atoms with E-state index in [2.05, 4.69) is 92.8 Å². The fourth-order valence-electron chi connectivity index (χ4n) is 3.95. The molecule has 0 saturated carbocycles. The predicted octanol–water partition coefficient (Wildman–Crippen LogP) is 8.66. The molecule has 0 aliphatic carbocycles. The fourth-order valence-corrected chi connectivity index (χ4v) is 3.95. The quantitative estimate of drug-likeness (QED) is 0.265. The maximum atomic E-state index is 7.74. The number of aromatic nitrogens is 1. The van der Waals surface area contributed by atoms with Crippen LogP contribution in [0.5, 0.6) is 0 Å². The highest BCUT2D eigenvalue weighted by Gasteiger charge is 2.13. The van der Waals surface area contributed by atoms with Crippen molar-refractivity contribution in [3.05, 3.63) is 113 Å². The Morgan fingerprint density at radius 1 is 1.19 bits per heavy atom. The van der Waals surface area contributed by atoms with Crippen LogP contribution < -0.4 is 5.32 Å². The number of fused-ring (bicyclic) bond motifs is 1. The van der Waals surface area contributed by atoms with Gasteiger partial charge in [0.2, 0.25) is 0 Å². The van der Waals surface area contributed by atoms with Crippen molar-refractivity contribution in [2.75, 3.05) is 6.54 Å². The van der Waals surface area contributed by atoms with Crippen molar-refractivity contribution in [3.8, 4) is 0 Å². The van der Waals surface area contributed by atoms with Crippen molar-refractivity contribution in [2.24, 2.45) is 4.99 Å². The van der Waals surface area contributed by atoms with E-state index < -0.39 is 0 Å². The number of allylic oxidation sites excluding steroid dienone is 7. The summed E-state index contributed by atoms with van der Waals surface area (Å²) in [6.45, 7) is 25.4. The lowest BCUT2D eigenvalue weighted by Crippen LogP contribution is -2.14. The second kappa shape index (κ2) is 16.7. The number of nitrogens with zero attached hydrogens (tertiary/aromatic N) is 2. The minimum absolute atomic E-state index is 0.637. The summed E-state index contributed by atoms with van der Waals surface area (Å²) in [4.78, 5) is 4.18. The second-order valence-corrected chi connectivity index (χ2v) is 8.32. The van der Waals surface area contributed by atoms with Gasteiger partial charge in [0, 0.05) is 47.0 Å². The molecule has 0 unspecified atom stereocenters. The highest BCUT2D eigenvalue weighted by Crippen LogP contribution is 2.28. The van der Waals surface area contributed by atoms with Crippen LogP contribution in [0.25, 0.3) is 17.0 Å². The summed E-state index contributed by atoms with van der Waals surface area (Å²) in [6, 6.07) is 6.54. The lowest BCUT2D eigenvalue weighted by Gasteiger charge is -2.14. The van der Waals surface area contributed by atoms with Crippen molar-refractivity contribution < 1.29 is 0 Å². The predicted molar refractivity (Wildman–Crippen MR) is 167 cm³/mol. The third kappa shape index (κ3) is 8.32. The first kappa shape index (κ1) is 31.1. The molecule has 2 heterocycles. The Morgan fingerprint density at radius 2 is 1.89 bits per heavy atom. The zero-order valence-corrected chi connectivity index (χ0v) is 23.6. The number of dihydropyridines is 1. The van der Waals surface area contributed by atoms with E-state index in [1.165, 1.54) is 40.4 Å². The van der Waals surface area contributed by atoms with E-state index in [4.69, 9.17) is 5.41 Å². The first-order chi connectivity index (χ1) is 17.9. The SMILES string of the molecule is C=C/C=C(C=N)/C(=C/C(=C\Cn1c(C)c(C=C)c2cc(C)ccc21)C1=CC=CNC1)N=C.CC.CCC. The van der Waals surface area contributed by atoms with Gasteiger partial charge in [0.15, 0.2) is 0 Å². The molecule has 0 saturated heterocycles. The standard InChI is InChI=1S/C28H30N4.C3H8.C2H6/c1-6-9-23(18-29)27(30-5)17-22(24-10-8-14-31-19-24)13-15-32-21(4)25(7-2)26-16-20(3)11-12-28(26)32;1-3-2;1-2/h6-14,16-18,29,31H,1-2,5,15,19H2,3-4H3;3H2,1-2H3;1-2H3/b22-13+,23-9+,27-17-,29-18?;;. The van der Waals surface area contributed by atoms with Crippen LogP contribution in [0.4, 0.5) is 0 Å². The molecule has 196 valence electrons. The minimum atomic E-state index is 0.637. The molecule has 1 aromatic carbocycles. The first-order valence-corrected chi connectivity index (χ1v) is 13.0. The van der Waals surface area contributed by atoms with Gasteiger partial charge in [-0.3, -0.25) is 4.99 Å². The van der Waals surface area contributed by atoms with Crippen LogP contribution in [0.2, 0.25) is 0 Å². The van der Waals surface area contributed by atoms with Gasteiger partial charge in [-0.25, -0.2) is 0 Å². The van der Waals surface area contributed by atoms with Gasteiger partial charge in [-0.15, -0.1) is 0 Å². The maximum Gasteiger partial charge on any atom is 0.0715 e. The van der Waals surface area contributed by atoms with E-state index in [0.29, 0.717) is 17.8 Å². The largest absolute Gasteiger partial charge is 0.387 e. The lowest BCUT2D eigenvalue weighted by molar-refractivity contribution is 0.820. The van der Waals surface area contributed by atoms with Gasteiger partial charge in [-0.2, -0.15) is 0 Å². The van der Waals surface area contributed by atoms with Crippen molar-refractivity contribution in [1.82, 2.24) is 9.88 Å². The Hall–Kier alpha value is -3.92. The molecular weight excluding hydrogens is 452 g/mol. The average Bonchev–Trinajstić information content (AvgIpc) is 3.19. The molecule has 0 bridgehead atoms. The summed E-state index contributed by atoms with van der Waals surface area (Å²) in [5.41, 5.74) is 8.25. The van der Waals surface area contributed by atoms with E-state index in [-0.39, 0.29) is 0 Å². The Bertz CT molecular complexity index is 1240. The highest BCUT2D eigenvalue weighted by atomic mass is 15.0. The molecule has 0 spiro atoms. The second-order valence-electron chi connectivity index (χ2n) is 8.32. The topological polar surface area (TPSA) is 53.2 Å². The number of hydrogen-bond donors (Lipinski definition) is 2. The van der Waals surface area contributed by atoms with Crippen LogP contribution in [0, 0.1) is 19.3 Å². The van der Waals surface area contributed by atoms with Crippen LogP contribution in [0.15, 0.2) is 101 Å². The smallest absolute Gasteiger partial charge is 0.0715 e. The summed E-state index contributed by atoms with van der Waals surface area (Å²) >= 11 is 0. The molecule has 2 N–H and O–H groups in total. The summed E-state index contributed by atoms with van der Waals surface area (Å²) in [5, 5.41) is 12.2. The summed E-state index contributed by atoms with van der Waals surface area (Å²) in [7, 11) is 0. The first-order valence-electron chi connectivity index (χ1n) is 13.0. The fraction of sp³-hybridized carbons (Fsp3) is 0.273. The van der Waals surface area contributed by atoms with Gasteiger partial charge in [0.1, 0.15) is 0 Å². The van der Waals surface area contributed by atoms with Crippen LogP contribution >= 0.6 is 0 Å². The average molecular weight is 497 g/mol. The van der Waals surface area contributed by atoms with Crippen LogP contribution in [-0.2, 0) is 6.54 Å². The number of aliphatic imine (C=N–C) groups is 1. The molecule has 1 aromatic heterocycles. The summed E-state index contributed by atoms with van der Waals surface area (Å²) in [5.74, 6) is 0. The van der Waals surface area contributed by atoms with Crippen molar-refractivity contribution in [3.63, 3.8) is 0 Å². The zero-order chi connectivity index (χ0) is 27.8. The molecule has 3 rings (SSSR count). The zero-order valence-electron chi connectivity index (χ0n) is 23.6. The van der Waals surface area contributed by atoms with Gasteiger partial charge in [0.25, 0.3) is 0 Å². The molecule has 0 radical (unpaired) electrons. The van der Waals surface area contributed by atoms with Gasteiger partial charge in [0.05, 0.1) is 5.70 Å². The van der Waals surface area contributed by atoms with E-state index in [1.54, 1.807) is 12.2 Å². The molecule has 0 fully saturated rings. The number of hydrogen-bond acceptors (Lipinski definition) is 3. The number of benzene rings is 1. The Labute approximate surface area is 224 Å². The maximum absolute atomic E-state index is 7.74. The molecule has 0 amide bonds. The van der Waals surface area contributed by atoms with Crippen molar-refractivity contribution in [2.45, 2.75) is 54.5 Å². The van der Waals surface area contributed by atoms with Gasteiger partial charge in [-0.05, 0) is 62.2 Å². The van der Waals surface area contributed by atoms with Crippen LogP contribution in [0.1, 0.15) is 50.9 Å². The third-order valence-electron chi connectivity index (χ3n) is 5.61. The Balaban J connectivity index is 0.00000127. The molecule has 1 aliphatic rings. The molecule has 0 atom stereocenters. The lowest BCUT2D eigenvalue weighted by atomic mass is 10.0. The summed E-state index contributed by atoms with van der Waals surface area (Å²) < 4.78 is 2.31. The van der Waals surface area contributed by atoms with Crippen molar-refractivity contribution in [1.29, 1.82) is 5.41 Å². The molecule has 37 heavy (non-hydrogen) atoms. The van der Waals surface area contributed by atoms with Crippen LogP contribution in [0.3, 0.4) is 0 Å². The third-order valence-corrected chi connectivity index (χ3v) is 5.61. The van der Waals surface area contributed by atoms with E-state index in [0.717, 1.165) is 17.7 Å². The number of rotatable bonds is 9. The normalized spacial score (nSPS) is 13.4. The van der Waals surface area contributed by atoms with Gasteiger partial charge < -0.3 is 15.3 Å². The summed E-state index contributed by atoms with van der Waals surface area (Å²) in [6.07, 6.45) is 18.1. The number of nitrogens with one attached hydrogen (secondary N) is 2. The monoisotopic (exact) mass is 496 g/mol. The molecular formula is C33H44N4. The molecule has 2 aromatic rings. The Kier molecular flexibility index (Phi) is 14.0.